The van der Waals surface area contributed by atoms with E-state index in [1.165, 1.54) is 9.78 Å². The molecule has 0 saturated carbocycles. The minimum Gasteiger partial charge on any atom is -0.347 e. The van der Waals surface area contributed by atoms with Gasteiger partial charge in [0, 0.05) is 19.0 Å². The van der Waals surface area contributed by atoms with Gasteiger partial charge in [-0.1, -0.05) is 6.92 Å². The molecule has 2 rings (SSSR count). The highest BCUT2D eigenvalue weighted by atomic mass is 32.1. The zero-order valence-electron chi connectivity index (χ0n) is 13.1. The number of rotatable bonds is 5. The van der Waals surface area contributed by atoms with Crippen LogP contribution in [0.1, 0.15) is 28.7 Å². The Labute approximate surface area is 133 Å². The monoisotopic (exact) mass is 320 g/mol. The van der Waals surface area contributed by atoms with Gasteiger partial charge in [0.15, 0.2) is 5.69 Å². The molecule has 22 heavy (non-hydrogen) atoms. The molecule has 2 heterocycles. The molecule has 118 valence electrons. The Morgan fingerprint density at radius 2 is 2.14 bits per heavy atom. The first-order chi connectivity index (χ1) is 10.4. The predicted octanol–water partition coefficient (Wildman–Crippen LogP) is 2.04. The minimum atomic E-state index is -0.536. The Hall–Kier alpha value is -2.15. The lowest BCUT2D eigenvalue weighted by molar-refractivity contribution is -0.130. The van der Waals surface area contributed by atoms with E-state index in [0.717, 1.165) is 10.6 Å². The van der Waals surface area contributed by atoms with E-state index < -0.39 is 6.04 Å². The number of H-pyrrole nitrogens is 1. The summed E-state index contributed by atoms with van der Waals surface area (Å²) in [6, 6.07) is 5.17. The van der Waals surface area contributed by atoms with Crippen molar-refractivity contribution in [3.63, 3.8) is 0 Å². The highest BCUT2D eigenvalue weighted by molar-refractivity contribution is 7.15. The lowest BCUT2D eigenvalue weighted by atomic mass is 10.2. The van der Waals surface area contributed by atoms with Crippen molar-refractivity contribution in [2.45, 2.75) is 26.3 Å². The number of nitrogens with zero attached hydrogens (tertiary/aromatic N) is 2. The molecule has 0 spiro atoms. The summed E-state index contributed by atoms with van der Waals surface area (Å²) in [6.07, 6.45) is 0.532. The Morgan fingerprint density at radius 3 is 2.68 bits per heavy atom. The summed E-state index contributed by atoms with van der Waals surface area (Å²) in [5.74, 6) is -0.474. The van der Waals surface area contributed by atoms with Crippen LogP contribution in [-0.4, -0.2) is 47.0 Å². The molecular weight excluding hydrogens is 300 g/mol. The molecule has 0 radical (unpaired) electrons. The highest BCUT2D eigenvalue weighted by Crippen LogP contribution is 2.26. The first-order valence-electron chi connectivity index (χ1n) is 7.06. The smallest absolute Gasteiger partial charge is 0.272 e. The maximum atomic E-state index is 12.2. The Balaban J connectivity index is 2.10. The molecule has 2 aromatic rings. The fourth-order valence-corrected chi connectivity index (χ4v) is 2.86. The summed E-state index contributed by atoms with van der Waals surface area (Å²) in [5, 5.41) is 9.63. The molecule has 0 aliphatic rings. The number of thiophene rings is 1. The molecule has 0 saturated heterocycles. The number of aromatic amines is 1. The maximum absolute atomic E-state index is 12.2. The van der Waals surface area contributed by atoms with Crippen LogP contribution in [0.5, 0.6) is 0 Å². The van der Waals surface area contributed by atoms with Crippen LogP contribution in [0.3, 0.4) is 0 Å². The number of nitrogens with one attached hydrogen (secondary N) is 2. The lowest BCUT2D eigenvalue weighted by Gasteiger charge is -2.19. The minimum absolute atomic E-state index is 0.125. The first kappa shape index (κ1) is 16.2. The summed E-state index contributed by atoms with van der Waals surface area (Å²) >= 11 is 1.63. The molecule has 7 heteroatoms. The Kier molecular flexibility index (Phi) is 4.97. The van der Waals surface area contributed by atoms with E-state index in [1.807, 2.05) is 26.0 Å². The maximum Gasteiger partial charge on any atom is 0.272 e. The Morgan fingerprint density at radius 1 is 1.41 bits per heavy atom. The van der Waals surface area contributed by atoms with Gasteiger partial charge in [0.2, 0.25) is 5.91 Å². The number of likely N-dealkylation sites (N-methyl/N-ethyl adjacent to an activating group) is 1. The standard InChI is InChI=1S/C15H20N4O2S/c1-5-10(15(21)19(3)4)16-14(20)12-8-11(17-18-12)13-7-6-9(2)22-13/h6-8,10H,5H2,1-4H3,(H,16,20)(H,17,18). The summed E-state index contributed by atoms with van der Waals surface area (Å²) in [5.41, 5.74) is 1.08. The number of aryl methyl sites for hydroxylation is 1. The van der Waals surface area contributed by atoms with E-state index in [2.05, 4.69) is 15.5 Å². The van der Waals surface area contributed by atoms with Crippen molar-refractivity contribution < 1.29 is 9.59 Å². The largest absolute Gasteiger partial charge is 0.347 e. The topological polar surface area (TPSA) is 78.1 Å². The molecular formula is C15H20N4O2S. The number of amides is 2. The molecule has 2 aromatic heterocycles. The third kappa shape index (κ3) is 3.54. The van der Waals surface area contributed by atoms with Crippen LogP contribution >= 0.6 is 11.3 Å². The summed E-state index contributed by atoms with van der Waals surface area (Å²) in [7, 11) is 3.34. The second-order valence-corrected chi connectivity index (χ2v) is 6.53. The van der Waals surface area contributed by atoms with Crippen molar-refractivity contribution in [2.75, 3.05) is 14.1 Å². The molecule has 0 aliphatic heterocycles. The fourth-order valence-electron chi connectivity index (χ4n) is 2.03. The van der Waals surface area contributed by atoms with Crippen molar-refractivity contribution in [3.8, 4) is 10.6 Å². The first-order valence-corrected chi connectivity index (χ1v) is 7.88. The van der Waals surface area contributed by atoms with Gasteiger partial charge in [-0.3, -0.25) is 14.7 Å². The average Bonchev–Trinajstić information content (AvgIpc) is 3.12. The van der Waals surface area contributed by atoms with Gasteiger partial charge in [-0.15, -0.1) is 11.3 Å². The van der Waals surface area contributed by atoms with E-state index in [4.69, 9.17) is 0 Å². The summed E-state index contributed by atoms with van der Waals surface area (Å²) in [4.78, 5) is 27.9. The van der Waals surface area contributed by atoms with Gasteiger partial charge in [-0.2, -0.15) is 5.10 Å². The van der Waals surface area contributed by atoms with Crippen LogP contribution in [0.4, 0.5) is 0 Å². The fraction of sp³-hybridized carbons (Fsp3) is 0.400. The Bertz CT molecular complexity index is 675. The van der Waals surface area contributed by atoms with Gasteiger partial charge in [0.25, 0.3) is 5.91 Å². The van der Waals surface area contributed by atoms with Gasteiger partial charge in [0.1, 0.15) is 6.04 Å². The number of carbonyl (C=O) groups is 2. The van der Waals surface area contributed by atoms with Crippen LogP contribution in [0.2, 0.25) is 0 Å². The molecule has 2 amide bonds. The van der Waals surface area contributed by atoms with Crippen LogP contribution in [-0.2, 0) is 4.79 Å². The van der Waals surface area contributed by atoms with Crippen LogP contribution in [0, 0.1) is 6.92 Å². The number of carbonyl (C=O) groups excluding carboxylic acids is 2. The van der Waals surface area contributed by atoms with Gasteiger partial charge >= 0.3 is 0 Å². The number of hydrogen-bond donors (Lipinski definition) is 2. The zero-order valence-corrected chi connectivity index (χ0v) is 14.0. The van der Waals surface area contributed by atoms with Crippen molar-refractivity contribution in [3.05, 3.63) is 28.8 Å². The molecule has 6 nitrogen and oxygen atoms in total. The van der Waals surface area contributed by atoms with Crippen molar-refractivity contribution in [1.82, 2.24) is 20.4 Å². The molecule has 1 atom stereocenters. The molecule has 2 N–H and O–H groups in total. The predicted molar refractivity (Wildman–Crippen MR) is 86.9 cm³/mol. The number of hydrogen-bond acceptors (Lipinski definition) is 4. The van der Waals surface area contributed by atoms with Gasteiger partial charge in [-0.05, 0) is 31.5 Å². The van der Waals surface area contributed by atoms with Gasteiger partial charge in [-0.25, -0.2) is 0 Å². The average molecular weight is 320 g/mol. The lowest BCUT2D eigenvalue weighted by Crippen LogP contribution is -2.45. The van der Waals surface area contributed by atoms with Crippen molar-refractivity contribution in [2.24, 2.45) is 0 Å². The van der Waals surface area contributed by atoms with Crippen molar-refractivity contribution >= 4 is 23.2 Å². The van der Waals surface area contributed by atoms with Gasteiger partial charge < -0.3 is 10.2 Å². The third-order valence-electron chi connectivity index (χ3n) is 3.27. The second-order valence-electron chi connectivity index (χ2n) is 5.24. The van der Waals surface area contributed by atoms with Gasteiger partial charge in [0.05, 0.1) is 10.6 Å². The second kappa shape index (κ2) is 6.74. The van der Waals surface area contributed by atoms with E-state index in [1.54, 1.807) is 31.5 Å². The molecule has 0 aromatic carbocycles. The van der Waals surface area contributed by atoms with E-state index in [9.17, 15) is 9.59 Å². The van der Waals surface area contributed by atoms with Crippen LogP contribution in [0.25, 0.3) is 10.6 Å². The van der Waals surface area contributed by atoms with E-state index in [0.29, 0.717) is 6.42 Å². The SMILES string of the molecule is CCC(NC(=O)c1cc(-c2ccc(C)s2)[nH]n1)C(=O)N(C)C. The zero-order chi connectivity index (χ0) is 16.3. The third-order valence-corrected chi connectivity index (χ3v) is 4.30. The molecule has 0 aliphatic carbocycles. The molecule has 1 unspecified atom stereocenters. The quantitative estimate of drug-likeness (QED) is 0.885. The normalized spacial score (nSPS) is 12.0. The van der Waals surface area contributed by atoms with E-state index >= 15 is 0 Å². The van der Waals surface area contributed by atoms with Crippen molar-refractivity contribution in [1.29, 1.82) is 0 Å². The highest BCUT2D eigenvalue weighted by Gasteiger charge is 2.22. The summed E-state index contributed by atoms with van der Waals surface area (Å²) < 4.78 is 0. The number of aromatic nitrogens is 2. The summed E-state index contributed by atoms with van der Waals surface area (Å²) in [6.45, 7) is 3.88. The van der Waals surface area contributed by atoms with Crippen LogP contribution in [0.15, 0.2) is 18.2 Å². The van der Waals surface area contributed by atoms with Crippen LogP contribution < -0.4 is 5.32 Å². The van der Waals surface area contributed by atoms with E-state index in [-0.39, 0.29) is 17.5 Å². The molecule has 0 bridgehead atoms. The molecule has 0 fully saturated rings.